The fourth-order valence-electron chi connectivity index (χ4n) is 2.54. The minimum atomic E-state index is -1.04. The molecule has 0 unspecified atom stereocenters. The molecule has 2 rings (SSSR count). The number of phenols is 4. The number of aromatic hydroxyl groups is 4. The fourth-order valence-corrected chi connectivity index (χ4v) is 2.54. The molecule has 8 nitrogen and oxygen atoms in total. The quantitative estimate of drug-likeness (QED) is 0.379. The Morgan fingerprint density at radius 1 is 1.00 bits per heavy atom. The largest absolute Gasteiger partial charge is 0.504 e. The summed E-state index contributed by atoms with van der Waals surface area (Å²) in [6, 6.07) is 6.80. The summed E-state index contributed by atoms with van der Waals surface area (Å²) in [7, 11) is 1.38. The van der Waals surface area contributed by atoms with Crippen molar-refractivity contribution >= 4 is 17.4 Å². The van der Waals surface area contributed by atoms with Gasteiger partial charge in [0.1, 0.15) is 6.04 Å². The monoisotopic (exact) mass is 372 g/mol. The summed E-state index contributed by atoms with van der Waals surface area (Å²) in [6.45, 7) is 3.68. The number of likely N-dealkylation sites (N-methyl/N-ethyl adjacent to an activating group) is 1. The van der Waals surface area contributed by atoms with Crippen molar-refractivity contribution in [3.05, 3.63) is 54.1 Å². The van der Waals surface area contributed by atoms with E-state index < -0.39 is 23.6 Å². The molecule has 0 bridgehead atoms. The molecule has 27 heavy (non-hydrogen) atoms. The summed E-state index contributed by atoms with van der Waals surface area (Å²) in [6.07, 6.45) is 0.0134. The maximum absolute atomic E-state index is 12.7. The van der Waals surface area contributed by atoms with Crippen LogP contribution in [-0.2, 0) is 16.0 Å². The Kier molecular flexibility index (Phi) is 5.60. The Morgan fingerprint density at radius 2 is 1.56 bits per heavy atom. The van der Waals surface area contributed by atoms with Gasteiger partial charge in [-0.1, -0.05) is 18.7 Å². The third kappa shape index (κ3) is 4.30. The molecule has 0 radical (unpaired) electrons. The molecule has 0 saturated heterocycles. The first-order valence-electron chi connectivity index (χ1n) is 7.90. The van der Waals surface area contributed by atoms with Crippen LogP contribution in [0.2, 0.25) is 0 Å². The van der Waals surface area contributed by atoms with Crippen molar-refractivity contribution in [2.75, 3.05) is 7.05 Å². The predicted molar refractivity (Wildman–Crippen MR) is 98.0 cm³/mol. The molecule has 0 fully saturated rings. The third-order valence-corrected chi connectivity index (χ3v) is 4.17. The summed E-state index contributed by atoms with van der Waals surface area (Å²) in [4.78, 5) is 25.7. The molecular formula is C19H20N2O6. The second kappa shape index (κ2) is 7.69. The minimum Gasteiger partial charge on any atom is -0.504 e. The SMILES string of the molecule is C=C(C(=O)N(C)[C@H](Cc1ccc(O)c(O)c1)C(N)=O)c1ccc(O)c(O)c1. The van der Waals surface area contributed by atoms with Crippen molar-refractivity contribution in [3.63, 3.8) is 0 Å². The first kappa shape index (κ1) is 19.6. The lowest BCUT2D eigenvalue weighted by Crippen LogP contribution is -2.47. The zero-order valence-electron chi connectivity index (χ0n) is 14.6. The van der Waals surface area contributed by atoms with E-state index in [4.69, 9.17) is 5.73 Å². The number of carbonyl (C=O) groups is 2. The highest BCUT2D eigenvalue weighted by Gasteiger charge is 2.27. The number of nitrogens with two attached hydrogens (primary N) is 1. The highest BCUT2D eigenvalue weighted by atomic mass is 16.3. The average molecular weight is 372 g/mol. The van der Waals surface area contributed by atoms with Crippen LogP contribution in [0.25, 0.3) is 5.57 Å². The minimum absolute atomic E-state index is 0.00685. The van der Waals surface area contributed by atoms with E-state index in [0.717, 1.165) is 4.90 Å². The van der Waals surface area contributed by atoms with Crippen LogP contribution in [0.3, 0.4) is 0 Å². The van der Waals surface area contributed by atoms with Gasteiger partial charge < -0.3 is 31.1 Å². The highest BCUT2D eigenvalue weighted by molar-refractivity contribution is 6.19. The summed E-state index contributed by atoms with van der Waals surface area (Å²) in [5.74, 6) is -2.77. The molecule has 0 aliphatic rings. The van der Waals surface area contributed by atoms with Crippen molar-refractivity contribution in [1.82, 2.24) is 4.90 Å². The molecule has 0 spiro atoms. The fraction of sp³-hybridized carbons (Fsp3) is 0.158. The molecule has 2 aromatic carbocycles. The molecule has 0 aromatic heterocycles. The number of carbonyl (C=O) groups excluding carboxylic acids is 2. The van der Waals surface area contributed by atoms with Gasteiger partial charge in [-0.05, 0) is 35.4 Å². The van der Waals surface area contributed by atoms with Crippen LogP contribution < -0.4 is 5.73 Å². The molecule has 142 valence electrons. The van der Waals surface area contributed by atoms with E-state index in [0.29, 0.717) is 5.56 Å². The number of primary amides is 1. The van der Waals surface area contributed by atoms with Crippen LogP contribution in [-0.4, -0.2) is 50.2 Å². The van der Waals surface area contributed by atoms with Crippen LogP contribution >= 0.6 is 0 Å². The normalized spacial score (nSPS) is 11.6. The molecule has 0 saturated carbocycles. The van der Waals surface area contributed by atoms with E-state index >= 15 is 0 Å². The number of benzene rings is 2. The van der Waals surface area contributed by atoms with Gasteiger partial charge >= 0.3 is 0 Å². The average Bonchev–Trinajstić information content (AvgIpc) is 2.62. The molecule has 0 aliphatic heterocycles. The van der Waals surface area contributed by atoms with Crippen LogP contribution in [0, 0.1) is 0 Å². The summed E-state index contributed by atoms with van der Waals surface area (Å²) in [5.41, 5.74) is 6.18. The highest BCUT2D eigenvalue weighted by Crippen LogP contribution is 2.29. The van der Waals surface area contributed by atoms with E-state index in [9.17, 15) is 30.0 Å². The van der Waals surface area contributed by atoms with Crippen molar-refractivity contribution < 1.29 is 30.0 Å². The van der Waals surface area contributed by atoms with Crippen LogP contribution in [0.1, 0.15) is 11.1 Å². The number of phenolic OH excluding ortho intramolecular Hbond substituents is 4. The van der Waals surface area contributed by atoms with Gasteiger partial charge in [0.15, 0.2) is 23.0 Å². The number of nitrogens with zero attached hydrogens (tertiary/aromatic N) is 1. The van der Waals surface area contributed by atoms with Gasteiger partial charge in [-0.2, -0.15) is 0 Å². The van der Waals surface area contributed by atoms with Crippen molar-refractivity contribution in [1.29, 1.82) is 0 Å². The van der Waals surface area contributed by atoms with Gasteiger partial charge in [-0.15, -0.1) is 0 Å². The molecule has 0 heterocycles. The molecule has 0 aliphatic carbocycles. The topological polar surface area (TPSA) is 144 Å². The van der Waals surface area contributed by atoms with Gasteiger partial charge in [0.2, 0.25) is 5.91 Å². The molecule has 1 atom stereocenters. The van der Waals surface area contributed by atoms with Gasteiger partial charge in [0.25, 0.3) is 5.91 Å². The van der Waals surface area contributed by atoms with Gasteiger partial charge in [0, 0.05) is 19.0 Å². The zero-order chi connectivity index (χ0) is 20.3. The molecule has 2 amide bonds. The maximum Gasteiger partial charge on any atom is 0.254 e. The van der Waals surface area contributed by atoms with Gasteiger partial charge in [-0.3, -0.25) is 9.59 Å². The summed E-state index contributed by atoms with van der Waals surface area (Å²) in [5, 5.41) is 37.9. The summed E-state index contributed by atoms with van der Waals surface area (Å²) >= 11 is 0. The zero-order valence-corrected chi connectivity index (χ0v) is 14.6. The van der Waals surface area contributed by atoms with Crippen molar-refractivity contribution in [3.8, 4) is 23.0 Å². The standard InChI is InChI=1S/C19H20N2O6/c1-10(12-4-6-15(23)17(25)9-12)19(27)21(2)13(18(20)26)7-11-3-5-14(22)16(24)8-11/h3-6,8-9,13,22-25H,1,7H2,2H3,(H2,20,26)/t13-/m1/s1. The van der Waals surface area contributed by atoms with Crippen LogP contribution in [0.15, 0.2) is 43.0 Å². The predicted octanol–water partition coefficient (Wildman–Crippen LogP) is 1.08. The lowest BCUT2D eigenvalue weighted by Gasteiger charge is -2.26. The Balaban J connectivity index is 2.24. The number of amides is 2. The Bertz CT molecular complexity index is 909. The number of rotatable bonds is 6. The van der Waals surface area contributed by atoms with Crippen LogP contribution in [0.4, 0.5) is 0 Å². The first-order chi connectivity index (χ1) is 12.6. The van der Waals surface area contributed by atoms with Crippen molar-refractivity contribution in [2.45, 2.75) is 12.5 Å². The Hall–Kier alpha value is -3.68. The molecule has 8 heteroatoms. The molecule has 2 aromatic rings. The van der Waals surface area contributed by atoms with Gasteiger partial charge in [0.05, 0.1) is 0 Å². The van der Waals surface area contributed by atoms with E-state index in [1.54, 1.807) is 0 Å². The third-order valence-electron chi connectivity index (χ3n) is 4.17. The Morgan fingerprint density at radius 3 is 2.07 bits per heavy atom. The van der Waals surface area contributed by atoms with E-state index in [-0.39, 0.29) is 34.8 Å². The maximum atomic E-state index is 12.7. The Labute approximate surface area is 155 Å². The van der Waals surface area contributed by atoms with E-state index in [1.807, 2.05) is 0 Å². The lowest BCUT2D eigenvalue weighted by atomic mass is 10.0. The van der Waals surface area contributed by atoms with Gasteiger partial charge in [-0.25, -0.2) is 0 Å². The molecular weight excluding hydrogens is 352 g/mol. The first-order valence-corrected chi connectivity index (χ1v) is 7.90. The lowest BCUT2D eigenvalue weighted by molar-refractivity contribution is -0.133. The number of hydrogen-bond donors (Lipinski definition) is 5. The van der Waals surface area contributed by atoms with E-state index in [1.165, 1.54) is 43.4 Å². The van der Waals surface area contributed by atoms with Crippen molar-refractivity contribution in [2.24, 2.45) is 5.73 Å². The molecule has 6 N–H and O–H groups in total. The smallest absolute Gasteiger partial charge is 0.254 e. The second-order valence-electron chi connectivity index (χ2n) is 6.04. The number of hydrogen-bond acceptors (Lipinski definition) is 6. The van der Waals surface area contributed by atoms with Crippen LogP contribution in [0.5, 0.6) is 23.0 Å². The summed E-state index contributed by atoms with van der Waals surface area (Å²) < 4.78 is 0. The second-order valence-corrected chi connectivity index (χ2v) is 6.04. The van der Waals surface area contributed by atoms with E-state index in [2.05, 4.69) is 6.58 Å².